The van der Waals surface area contributed by atoms with Gasteiger partial charge in [0.05, 0.1) is 10.2 Å². The quantitative estimate of drug-likeness (QED) is 0.702. The van der Waals surface area contributed by atoms with Crippen molar-refractivity contribution in [1.82, 2.24) is 4.98 Å². The van der Waals surface area contributed by atoms with Crippen LogP contribution in [0.5, 0.6) is 5.75 Å². The first-order valence-corrected chi connectivity index (χ1v) is 9.21. The van der Waals surface area contributed by atoms with Crippen molar-refractivity contribution in [2.45, 2.75) is 18.9 Å². The molecule has 2 heterocycles. The zero-order chi connectivity index (χ0) is 16.5. The van der Waals surface area contributed by atoms with Crippen LogP contribution in [0.15, 0.2) is 42.5 Å². The largest absolute Gasteiger partial charge is 0.382 e. The standard InChI is InChI=1S/C18H17ClN3OS/c19-12-1-3-13(4-2-12)20-14-7-9-22(10-8-14)18-21-16-11-15(23)5-6-17(16)24-18/h1-6,11,14,20H,7-10H2. The maximum Gasteiger partial charge on any atom is 0.186 e. The highest BCUT2D eigenvalue weighted by atomic mass is 35.5. The minimum absolute atomic E-state index is 0.0187. The van der Waals surface area contributed by atoms with Crippen LogP contribution >= 0.6 is 22.9 Å². The summed E-state index contributed by atoms with van der Waals surface area (Å²) in [6.45, 7) is 1.94. The Morgan fingerprint density at radius 2 is 1.88 bits per heavy atom. The Hall–Kier alpha value is -1.98. The molecule has 24 heavy (non-hydrogen) atoms. The molecule has 1 saturated heterocycles. The van der Waals surface area contributed by atoms with Gasteiger partial charge in [-0.2, -0.15) is 0 Å². The van der Waals surface area contributed by atoms with E-state index in [9.17, 15) is 5.11 Å². The molecule has 1 N–H and O–H groups in total. The number of hydrogen-bond acceptors (Lipinski definition) is 4. The fourth-order valence-electron chi connectivity index (χ4n) is 3.03. The molecule has 0 bridgehead atoms. The number of nitrogens with zero attached hydrogens (tertiary/aromatic N) is 2. The molecule has 1 aliphatic heterocycles. The molecule has 0 aliphatic carbocycles. The lowest BCUT2D eigenvalue weighted by Gasteiger charge is -2.32. The number of aromatic nitrogens is 1. The van der Waals surface area contributed by atoms with Gasteiger partial charge in [0.2, 0.25) is 0 Å². The average molecular weight is 359 g/mol. The van der Waals surface area contributed by atoms with Gasteiger partial charge in [-0.25, -0.2) is 4.98 Å². The number of rotatable bonds is 3. The number of benzene rings is 2. The van der Waals surface area contributed by atoms with Gasteiger partial charge in [0.15, 0.2) is 10.9 Å². The molecule has 6 heteroatoms. The third-order valence-corrected chi connectivity index (χ3v) is 5.68. The molecule has 0 spiro atoms. The van der Waals surface area contributed by atoms with Crippen LogP contribution in [0.3, 0.4) is 0 Å². The van der Waals surface area contributed by atoms with Crippen molar-refractivity contribution in [1.29, 1.82) is 0 Å². The highest BCUT2D eigenvalue weighted by Crippen LogP contribution is 2.32. The molecule has 0 amide bonds. The molecule has 1 aromatic heterocycles. The van der Waals surface area contributed by atoms with Crippen molar-refractivity contribution >= 4 is 44.0 Å². The maximum atomic E-state index is 11.4. The molecule has 0 atom stereocenters. The second kappa shape index (κ2) is 6.49. The summed E-state index contributed by atoms with van der Waals surface area (Å²) in [5.41, 5.74) is 1.92. The summed E-state index contributed by atoms with van der Waals surface area (Å²) in [6.07, 6.45) is 2.12. The lowest BCUT2D eigenvalue weighted by Crippen LogP contribution is -2.39. The van der Waals surface area contributed by atoms with Gasteiger partial charge < -0.3 is 10.2 Å². The van der Waals surface area contributed by atoms with Gasteiger partial charge in [-0.3, -0.25) is 5.11 Å². The van der Waals surface area contributed by atoms with E-state index in [2.05, 4.69) is 15.2 Å². The lowest BCUT2D eigenvalue weighted by atomic mass is 10.1. The predicted molar refractivity (Wildman–Crippen MR) is 100 cm³/mol. The van der Waals surface area contributed by atoms with Gasteiger partial charge >= 0.3 is 0 Å². The fourth-order valence-corrected chi connectivity index (χ4v) is 4.15. The maximum absolute atomic E-state index is 11.4. The van der Waals surface area contributed by atoms with E-state index in [0.29, 0.717) is 6.04 Å². The van der Waals surface area contributed by atoms with E-state index in [1.165, 1.54) is 0 Å². The van der Waals surface area contributed by atoms with Gasteiger partial charge in [-0.05, 0) is 49.2 Å². The third-order valence-electron chi connectivity index (χ3n) is 4.33. The summed E-state index contributed by atoms with van der Waals surface area (Å²) >= 11 is 7.58. The van der Waals surface area contributed by atoms with Gasteiger partial charge in [0, 0.05) is 35.9 Å². The summed E-state index contributed by atoms with van der Waals surface area (Å²) in [7, 11) is 0. The van der Waals surface area contributed by atoms with E-state index in [4.69, 9.17) is 11.6 Å². The minimum Gasteiger partial charge on any atom is -0.382 e. The van der Waals surface area contributed by atoms with Crippen LogP contribution in [0, 0.1) is 0 Å². The van der Waals surface area contributed by atoms with Crippen LogP contribution in [-0.4, -0.2) is 24.1 Å². The monoisotopic (exact) mass is 358 g/mol. The number of anilines is 2. The van der Waals surface area contributed by atoms with E-state index in [0.717, 1.165) is 52.0 Å². The molecule has 0 unspecified atom stereocenters. The molecule has 0 saturated carbocycles. The van der Waals surface area contributed by atoms with Crippen LogP contribution in [-0.2, 0) is 5.11 Å². The summed E-state index contributed by atoms with van der Waals surface area (Å²) in [4.78, 5) is 6.94. The normalized spacial score (nSPS) is 15.8. The van der Waals surface area contributed by atoms with E-state index in [1.807, 2.05) is 30.3 Å². The summed E-state index contributed by atoms with van der Waals surface area (Å²) in [5.74, 6) is 0.0187. The molecule has 123 valence electrons. The van der Waals surface area contributed by atoms with Crippen LogP contribution in [0.4, 0.5) is 10.8 Å². The number of piperidine rings is 1. The predicted octanol–water partition coefficient (Wildman–Crippen LogP) is 5.17. The highest BCUT2D eigenvalue weighted by Gasteiger charge is 2.21. The lowest BCUT2D eigenvalue weighted by molar-refractivity contribution is 0.355. The third kappa shape index (κ3) is 3.28. The number of fused-ring (bicyclic) bond motifs is 1. The Morgan fingerprint density at radius 1 is 1.12 bits per heavy atom. The van der Waals surface area contributed by atoms with Crippen LogP contribution in [0.25, 0.3) is 10.2 Å². The van der Waals surface area contributed by atoms with Crippen molar-refractivity contribution in [3.05, 3.63) is 47.5 Å². The second-order valence-electron chi connectivity index (χ2n) is 6.04. The van der Waals surface area contributed by atoms with Gasteiger partial charge in [-0.1, -0.05) is 22.9 Å². The van der Waals surface area contributed by atoms with Crippen molar-refractivity contribution in [2.24, 2.45) is 0 Å². The van der Waals surface area contributed by atoms with E-state index in [1.54, 1.807) is 23.5 Å². The summed E-state index contributed by atoms with van der Waals surface area (Å²) < 4.78 is 1.08. The SMILES string of the molecule is [O]c1ccc2sc(N3CCC(Nc4ccc(Cl)cc4)CC3)nc2c1. The second-order valence-corrected chi connectivity index (χ2v) is 7.48. The van der Waals surface area contributed by atoms with Crippen LogP contribution in [0.1, 0.15) is 12.8 Å². The first-order valence-electron chi connectivity index (χ1n) is 8.02. The number of hydrogen-bond donors (Lipinski definition) is 1. The van der Waals surface area contributed by atoms with Crippen molar-refractivity contribution in [2.75, 3.05) is 23.3 Å². The van der Waals surface area contributed by atoms with Crippen molar-refractivity contribution in [3.8, 4) is 5.75 Å². The topological polar surface area (TPSA) is 48.1 Å². The van der Waals surface area contributed by atoms with Crippen molar-refractivity contribution in [3.63, 3.8) is 0 Å². The van der Waals surface area contributed by atoms with Crippen LogP contribution < -0.4 is 10.2 Å². The number of thiazole rings is 1. The Bertz CT molecular complexity index is 841. The van der Waals surface area contributed by atoms with Gasteiger partial charge in [-0.15, -0.1) is 0 Å². The molecular formula is C18H17ClN3OS. The fraction of sp³-hybridized carbons (Fsp3) is 0.278. The first kappa shape index (κ1) is 15.5. The molecule has 3 aromatic rings. The van der Waals surface area contributed by atoms with Gasteiger partial charge in [0.1, 0.15) is 0 Å². The van der Waals surface area contributed by atoms with Gasteiger partial charge in [0.25, 0.3) is 0 Å². The minimum atomic E-state index is 0.0187. The van der Waals surface area contributed by atoms with E-state index < -0.39 is 0 Å². The zero-order valence-electron chi connectivity index (χ0n) is 13.0. The molecule has 4 nitrogen and oxygen atoms in total. The van der Waals surface area contributed by atoms with Crippen molar-refractivity contribution < 1.29 is 5.11 Å². The molecule has 1 fully saturated rings. The Labute approximate surface area is 149 Å². The van der Waals surface area contributed by atoms with E-state index >= 15 is 0 Å². The molecule has 4 rings (SSSR count). The molecule has 1 aliphatic rings. The molecular weight excluding hydrogens is 342 g/mol. The summed E-state index contributed by atoms with van der Waals surface area (Å²) in [5, 5.41) is 16.8. The summed E-state index contributed by atoms with van der Waals surface area (Å²) in [6, 6.07) is 13.4. The number of halogens is 1. The van der Waals surface area contributed by atoms with E-state index in [-0.39, 0.29) is 5.75 Å². The average Bonchev–Trinajstić information content (AvgIpc) is 3.01. The first-order chi connectivity index (χ1) is 11.7. The Morgan fingerprint density at radius 3 is 2.62 bits per heavy atom. The van der Waals surface area contributed by atoms with Crippen LogP contribution in [0.2, 0.25) is 5.02 Å². The number of nitrogens with one attached hydrogen (secondary N) is 1. The smallest absolute Gasteiger partial charge is 0.186 e. The highest BCUT2D eigenvalue weighted by molar-refractivity contribution is 7.22. The zero-order valence-corrected chi connectivity index (χ0v) is 14.6. The molecule has 2 aromatic carbocycles. The Balaban J connectivity index is 1.40. The Kier molecular flexibility index (Phi) is 4.21. The molecule has 1 radical (unpaired) electrons.